The van der Waals surface area contributed by atoms with E-state index < -0.39 is 11.3 Å². The Morgan fingerprint density at radius 1 is 1.57 bits per heavy atom. The third kappa shape index (κ3) is 2.39. The van der Waals surface area contributed by atoms with Gasteiger partial charge in [0.2, 0.25) is 0 Å². The van der Waals surface area contributed by atoms with E-state index in [0.717, 1.165) is 7.11 Å². The van der Waals surface area contributed by atoms with Crippen molar-refractivity contribution in [1.29, 1.82) is 0 Å². The molecule has 1 nitrogen and oxygen atoms in total. The number of rotatable bonds is 1. The van der Waals surface area contributed by atoms with Gasteiger partial charge in [0.05, 0.1) is 7.11 Å². The lowest BCUT2D eigenvalue weighted by Gasteiger charge is -1.88. The summed E-state index contributed by atoms with van der Waals surface area (Å²) in [4.78, 5) is 0. The minimum atomic E-state index is -2.00. The van der Waals surface area contributed by atoms with Crippen LogP contribution in [0.3, 0.4) is 0 Å². The van der Waals surface area contributed by atoms with E-state index in [1.54, 1.807) is 0 Å². The summed E-state index contributed by atoms with van der Waals surface area (Å²) in [6.45, 7) is 0. The number of hydrogen-bond donors (Lipinski definition) is 0. The average Bonchev–Trinajstić information content (AvgIpc) is 1.65. The molecule has 0 aromatic carbocycles. The van der Waals surface area contributed by atoms with E-state index in [0.29, 0.717) is 0 Å². The molecule has 0 amide bonds. The Morgan fingerprint density at radius 3 is 2.00 bits per heavy atom. The van der Waals surface area contributed by atoms with Gasteiger partial charge in [0, 0.05) is 0 Å². The van der Waals surface area contributed by atoms with Crippen LogP contribution in [0.25, 0.3) is 0 Å². The fraction of sp³-hybridized carbons (Fsp3) is 0.333. The summed E-state index contributed by atoms with van der Waals surface area (Å²) in [6.07, 6.45) is -2.00. The smallest absolute Gasteiger partial charge is 0.324 e. The first-order valence-electron chi connectivity index (χ1n) is 1.43. The molecule has 0 saturated carbocycles. The Bertz CT molecular complexity index is 86.9. The molecule has 0 radical (unpaired) electrons. The summed E-state index contributed by atoms with van der Waals surface area (Å²) < 4.78 is 26.0. The molecule has 0 rings (SSSR count). The zero-order valence-corrected chi connectivity index (χ0v) is 4.30. The van der Waals surface area contributed by atoms with E-state index in [1.807, 2.05) is 0 Å². The Kier molecular flexibility index (Phi) is 2.67. The van der Waals surface area contributed by atoms with Gasteiger partial charge in [-0.05, 0) is 11.6 Å². The maximum Gasteiger partial charge on any atom is 0.324 e. The molecule has 0 aliphatic heterocycles. The molecule has 0 aromatic heterocycles. The Balaban J connectivity index is 3.72. The maximum atomic E-state index is 11.1. The summed E-state index contributed by atoms with van der Waals surface area (Å²) in [5.74, 6) is 0. The van der Waals surface area contributed by atoms with Crippen LogP contribution in [-0.4, -0.2) is 7.11 Å². The van der Waals surface area contributed by atoms with E-state index in [1.165, 1.54) is 0 Å². The molecule has 0 fully saturated rings. The predicted octanol–water partition coefficient (Wildman–Crippen LogP) is 1.94. The van der Waals surface area contributed by atoms with Gasteiger partial charge in [0.25, 0.3) is 5.22 Å². The van der Waals surface area contributed by atoms with Gasteiger partial charge in [-0.1, -0.05) is 0 Å². The second-order valence-electron chi connectivity index (χ2n) is 0.738. The molecular weight excluding hydrogens is 125 g/mol. The van der Waals surface area contributed by atoms with Crippen LogP contribution in [-0.2, 0) is 4.74 Å². The van der Waals surface area contributed by atoms with Gasteiger partial charge in [-0.3, -0.25) is 0 Å². The van der Waals surface area contributed by atoms with E-state index in [9.17, 15) is 8.78 Å². The van der Waals surface area contributed by atoms with Crippen molar-refractivity contribution in [2.75, 3.05) is 7.11 Å². The molecule has 0 aliphatic rings. The summed E-state index contributed by atoms with van der Waals surface area (Å²) in [7, 11) is 1.07. The number of methoxy groups -OCH3 is 1. The van der Waals surface area contributed by atoms with Crippen LogP contribution in [0.5, 0.6) is 0 Å². The molecule has 0 saturated heterocycles. The first-order chi connectivity index (χ1) is 3.18. The van der Waals surface area contributed by atoms with Crippen LogP contribution in [0, 0.1) is 0 Å². The minimum Gasteiger partial charge on any atom is -0.482 e. The molecule has 0 heterocycles. The fourth-order valence-corrected chi connectivity index (χ4v) is 0.0772. The van der Waals surface area contributed by atoms with Gasteiger partial charge in [-0.2, -0.15) is 8.78 Å². The lowest BCUT2D eigenvalue weighted by molar-refractivity contribution is 0.276. The molecule has 0 N–H and O–H groups in total. The monoisotopic (exact) mass is 128 g/mol. The predicted molar refractivity (Wildman–Crippen MR) is 22.1 cm³/mol. The highest BCUT2D eigenvalue weighted by molar-refractivity contribution is 6.28. The van der Waals surface area contributed by atoms with Crippen molar-refractivity contribution in [2.45, 2.75) is 0 Å². The van der Waals surface area contributed by atoms with Crippen molar-refractivity contribution >= 4 is 11.6 Å². The standard InChI is InChI=1S/C3H3ClF2O/c1-7-2(4)3(5)6/h1H3. The third-order valence-corrected chi connectivity index (χ3v) is 0.625. The van der Waals surface area contributed by atoms with Crippen LogP contribution in [0.4, 0.5) is 8.78 Å². The number of hydrogen-bond acceptors (Lipinski definition) is 1. The van der Waals surface area contributed by atoms with Crippen LogP contribution in [0.1, 0.15) is 0 Å². The van der Waals surface area contributed by atoms with Crippen molar-refractivity contribution in [3.8, 4) is 0 Å². The molecule has 4 heteroatoms. The summed E-state index contributed by atoms with van der Waals surface area (Å²) in [6, 6.07) is 0. The van der Waals surface area contributed by atoms with Crippen LogP contribution in [0.2, 0.25) is 0 Å². The molecule has 0 unspecified atom stereocenters. The van der Waals surface area contributed by atoms with E-state index in [4.69, 9.17) is 11.6 Å². The summed E-state index contributed by atoms with van der Waals surface area (Å²) in [5.41, 5.74) is 0. The normalized spacial score (nSPS) is 8.00. The molecule has 0 aromatic rings. The molecule has 0 bridgehead atoms. The minimum absolute atomic E-state index is 0.847. The van der Waals surface area contributed by atoms with Gasteiger partial charge >= 0.3 is 6.08 Å². The number of ether oxygens (including phenoxy) is 1. The summed E-state index contributed by atoms with van der Waals surface area (Å²) >= 11 is 4.71. The molecular formula is C3H3ClF2O. The lowest BCUT2D eigenvalue weighted by atomic mass is 11.0. The van der Waals surface area contributed by atoms with E-state index >= 15 is 0 Å². The number of halogens is 3. The third-order valence-electron chi connectivity index (χ3n) is 0.328. The van der Waals surface area contributed by atoms with Crippen molar-refractivity contribution in [3.05, 3.63) is 11.3 Å². The highest BCUT2D eigenvalue weighted by Gasteiger charge is 1.97. The van der Waals surface area contributed by atoms with Crippen LogP contribution >= 0.6 is 11.6 Å². The Morgan fingerprint density at radius 2 is 2.00 bits per heavy atom. The van der Waals surface area contributed by atoms with E-state index in [-0.39, 0.29) is 0 Å². The van der Waals surface area contributed by atoms with Crippen molar-refractivity contribution in [1.82, 2.24) is 0 Å². The van der Waals surface area contributed by atoms with Gasteiger partial charge in [-0.25, -0.2) is 0 Å². The first kappa shape index (κ1) is 6.69. The van der Waals surface area contributed by atoms with Crippen molar-refractivity contribution in [2.24, 2.45) is 0 Å². The fourth-order valence-electron chi connectivity index (χ4n) is 0.0772. The van der Waals surface area contributed by atoms with Gasteiger partial charge in [-0.15, -0.1) is 0 Å². The highest BCUT2D eigenvalue weighted by atomic mass is 35.5. The highest BCUT2D eigenvalue weighted by Crippen LogP contribution is 2.10. The lowest BCUT2D eigenvalue weighted by Crippen LogP contribution is -1.74. The topological polar surface area (TPSA) is 9.23 Å². The quantitative estimate of drug-likeness (QED) is 0.491. The second kappa shape index (κ2) is 2.80. The molecule has 0 atom stereocenters. The molecule has 0 aliphatic carbocycles. The SMILES string of the molecule is COC(Cl)=C(F)F. The van der Waals surface area contributed by atoms with Gasteiger partial charge < -0.3 is 4.74 Å². The van der Waals surface area contributed by atoms with E-state index in [2.05, 4.69) is 4.74 Å². The Labute approximate surface area is 44.5 Å². The largest absolute Gasteiger partial charge is 0.482 e. The Hall–Kier alpha value is -0.310. The van der Waals surface area contributed by atoms with Gasteiger partial charge in [0.15, 0.2) is 0 Å². The van der Waals surface area contributed by atoms with Crippen molar-refractivity contribution < 1.29 is 13.5 Å². The molecule has 0 spiro atoms. The molecule has 7 heavy (non-hydrogen) atoms. The first-order valence-corrected chi connectivity index (χ1v) is 1.81. The van der Waals surface area contributed by atoms with Gasteiger partial charge in [0.1, 0.15) is 0 Å². The van der Waals surface area contributed by atoms with Crippen LogP contribution < -0.4 is 0 Å². The molecule has 42 valence electrons. The zero-order valence-electron chi connectivity index (χ0n) is 3.54. The maximum absolute atomic E-state index is 11.1. The summed E-state index contributed by atoms with van der Waals surface area (Å²) in [5, 5.41) is -0.847. The second-order valence-corrected chi connectivity index (χ2v) is 1.08. The average molecular weight is 129 g/mol. The van der Waals surface area contributed by atoms with Crippen LogP contribution in [0.15, 0.2) is 11.3 Å². The zero-order chi connectivity index (χ0) is 5.86. The van der Waals surface area contributed by atoms with Crippen molar-refractivity contribution in [3.63, 3.8) is 0 Å².